The van der Waals surface area contributed by atoms with Crippen molar-refractivity contribution in [3.8, 4) is 5.75 Å². The van der Waals surface area contributed by atoms with Gasteiger partial charge in [-0.25, -0.2) is 0 Å². The zero-order valence-corrected chi connectivity index (χ0v) is 16.4. The van der Waals surface area contributed by atoms with Crippen LogP contribution in [0.1, 0.15) is 22.9 Å². The number of benzene rings is 2. The summed E-state index contributed by atoms with van der Waals surface area (Å²) in [5, 5.41) is 5.55. The van der Waals surface area contributed by atoms with E-state index in [9.17, 15) is 0 Å². The topological polar surface area (TPSA) is 24.5 Å². The Balaban J connectivity index is 1.85. The molecule has 0 aliphatic carbocycles. The van der Waals surface area contributed by atoms with Gasteiger partial charge in [0.2, 0.25) is 0 Å². The summed E-state index contributed by atoms with van der Waals surface area (Å²) in [7, 11) is 1.73. The molecule has 1 aromatic heterocycles. The van der Waals surface area contributed by atoms with Crippen LogP contribution in [0.25, 0.3) is 10.1 Å². The van der Waals surface area contributed by atoms with Crippen molar-refractivity contribution in [3.05, 3.63) is 64.0 Å². The Morgan fingerprint density at radius 1 is 1.12 bits per heavy atom. The first-order chi connectivity index (χ1) is 12.8. The van der Waals surface area contributed by atoms with Gasteiger partial charge >= 0.3 is 0 Å². The van der Waals surface area contributed by atoms with Gasteiger partial charge in [0.1, 0.15) is 5.75 Å². The summed E-state index contributed by atoms with van der Waals surface area (Å²) in [6.45, 7) is 4.14. The van der Waals surface area contributed by atoms with Crippen molar-refractivity contribution >= 4 is 33.0 Å². The zero-order valence-electron chi connectivity index (χ0n) is 14.9. The minimum absolute atomic E-state index is 0.154. The molecule has 2 aromatic carbocycles. The Bertz CT molecular complexity index is 854. The molecule has 26 heavy (non-hydrogen) atoms. The molecule has 3 aromatic rings. The van der Waals surface area contributed by atoms with Crippen molar-refractivity contribution in [2.24, 2.45) is 0 Å². The summed E-state index contributed by atoms with van der Waals surface area (Å²) in [4.78, 5) is 3.90. The summed E-state index contributed by atoms with van der Waals surface area (Å²) in [6, 6.07) is 17.0. The van der Waals surface area contributed by atoms with E-state index in [1.54, 1.807) is 7.11 Å². The minimum atomic E-state index is 0.154. The minimum Gasteiger partial charge on any atom is -0.496 e. The van der Waals surface area contributed by atoms with Gasteiger partial charge in [-0.1, -0.05) is 29.8 Å². The first kappa shape index (κ1) is 17.8. The second kappa shape index (κ2) is 7.97. The molecule has 5 heteroatoms. The van der Waals surface area contributed by atoms with Gasteiger partial charge in [-0.05, 0) is 48.7 Å². The molecule has 3 nitrogen and oxygen atoms in total. The molecule has 1 atom stereocenters. The lowest BCUT2D eigenvalue weighted by Gasteiger charge is -2.31. The molecule has 136 valence electrons. The van der Waals surface area contributed by atoms with Gasteiger partial charge in [0.05, 0.1) is 13.2 Å². The van der Waals surface area contributed by atoms with Gasteiger partial charge in [0.15, 0.2) is 0 Å². The molecule has 0 saturated carbocycles. The van der Waals surface area contributed by atoms with Crippen molar-refractivity contribution in [2.75, 3.05) is 33.3 Å². The quantitative estimate of drug-likeness (QED) is 0.686. The van der Waals surface area contributed by atoms with Gasteiger partial charge in [0.25, 0.3) is 0 Å². The molecule has 1 unspecified atom stereocenters. The lowest BCUT2D eigenvalue weighted by molar-refractivity contribution is 0.239. The predicted molar refractivity (Wildman–Crippen MR) is 111 cm³/mol. The Labute approximate surface area is 163 Å². The maximum Gasteiger partial charge on any atom is 0.124 e. The SMILES string of the molecule is COc1ccc(Cl)cc1C(c1cc2ccccc2s1)N1CCCNCC1. The number of hydrogen-bond donors (Lipinski definition) is 1. The van der Waals surface area contributed by atoms with Crippen LogP contribution in [0.2, 0.25) is 5.02 Å². The maximum atomic E-state index is 6.37. The number of halogens is 1. The molecule has 0 bridgehead atoms. The fourth-order valence-corrected chi connectivity index (χ4v) is 5.11. The van der Waals surface area contributed by atoms with Crippen LogP contribution in [0.5, 0.6) is 5.75 Å². The van der Waals surface area contributed by atoms with Crippen LogP contribution in [-0.2, 0) is 0 Å². The molecule has 1 aliphatic heterocycles. The highest BCUT2D eigenvalue weighted by molar-refractivity contribution is 7.19. The lowest BCUT2D eigenvalue weighted by atomic mass is 10.0. The van der Waals surface area contributed by atoms with Crippen molar-refractivity contribution < 1.29 is 4.74 Å². The van der Waals surface area contributed by atoms with E-state index >= 15 is 0 Å². The number of hydrogen-bond acceptors (Lipinski definition) is 4. The molecule has 0 amide bonds. The van der Waals surface area contributed by atoms with Crippen molar-refractivity contribution in [2.45, 2.75) is 12.5 Å². The number of rotatable bonds is 4. The second-order valence-corrected chi connectivity index (χ2v) is 8.17. The van der Waals surface area contributed by atoms with E-state index < -0.39 is 0 Å². The standard InChI is InChI=1S/C21H23ClN2OS/c1-25-18-8-7-16(22)14-17(18)21(24-11-4-9-23-10-12-24)20-13-15-5-2-3-6-19(15)26-20/h2-3,5-8,13-14,21,23H,4,9-12H2,1H3. The van der Waals surface area contributed by atoms with E-state index in [2.05, 4.69) is 46.6 Å². The molecule has 1 fully saturated rings. The van der Waals surface area contributed by atoms with Crippen molar-refractivity contribution in [1.29, 1.82) is 0 Å². The molecule has 0 spiro atoms. The van der Waals surface area contributed by atoms with Crippen molar-refractivity contribution in [1.82, 2.24) is 10.2 Å². The van der Waals surface area contributed by atoms with E-state index in [-0.39, 0.29) is 6.04 Å². The highest BCUT2D eigenvalue weighted by atomic mass is 35.5. The van der Waals surface area contributed by atoms with Crippen LogP contribution in [-0.4, -0.2) is 38.2 Å². The van der Waals surface area contributed by atoms with E-state index in [1.165, 1.54) is 15.0 Å². The molecule has 1 saturated heterocycles. The normalized spacial score (nSPS) is 17.2. The smallest absolute Gasteiger partial charge is 0.124 e. The van der Waals surface area contributed by atoms with Gasteiger partial charge in [-0.3, -0.25) is 4.90 Å². The average Bonchev–Trinajstić information content (AvgIpc) is 2.89. The highest BCUT2D eigenvalue weighted by Crippen LogP contribution is 2.41. The van der Waals surface area contributed by atoms with Crippen LogP contribution < -0.4 is 10.1 Å². The largest absolute Gasteiger partial charge is 0.496 e. The third-order valence-corrected chi connectivity index (χ3v) is 6.34. The molecular weight excluding hydrogens is 364 g/mol. The lowest BCUT2D eigenvalue weighted by Crippen LogP contribution is -2.32. The van der Waals surface area contributed by atoms with Crippen molar-refractivity contribution in [3.63, 3.8) is 0 Å². The Morgan fingerprint density at radius 2 is 2.00 bits per heavy atom. The van der Waals surface area contributed by atoms with Crippen LogP contribution in [0.3, 0.4) is 0 Å². The molecular formula is C21H23ClN2OS. The van der Waals surface area contributed by atoms with E-state index in [0.29, 0.717) is 0 Å². The number of ether oxygens (including phenoxy) is 1. The summed E-state index contributed by atoms with van der Waals surface area (Å²) >= 11 is 8.24. The first-order valence-electron chi connectivity index (χ1n) is 9.03. The summed E-state index contributed by atoms with van der Waals surface area (Å²) < 4.78 is 7.02. The zero-order chi connectivity index (χ0) is 17.9. The summed E-state index contributed by atoms with van der Waals surface area (Å²) in [5.41, 5.74) is 1.15. The van der Waals surface area contributed by atoms with Gasteiger partial charge in [-0.2, -0.15) is 0 Å². The summed E-state index contributed by atoms with van der Waals surface area (Å²) in [5.74, 6) is 0.897. The number of thiophene rings is 1. The van der Waals surface area contributed by atoms with Gasteiger partial charge in [0, 0.05) is 39.8 Å². The summed E-state index contributed by atoms with van der Waals surface area (Å²) in [6.07, 6.45) is 1.14. The van der Waals surface area contributed by atoms with E-state index in [4.69, 9.17) is 16.3 Å². The molecule has 1 N–H and O–H groups in total. The third-order valence-electron chi connectivity index (χ3n) is 4.94. The third kappa shape index (κ3) is 3.60. The van der Waals surface area contributed by atoms with Gasteiger partial charge < -0.3 is 10.1 Å². The Kier molecular flexibility index (Phi) is 5.46. The van der Waals surface area contributed by atoms with Crippen LogP contribution in [0.15, 0.2) is 48.5 Å². The molecule has 4 rings (SSSR count). The number of nitrogens with one attached hydrogen (secondary N) is 1. The molecule has 2 heterocycles. The molecule has 0 radical (unpaired) electrons. The van der Waals surface area contributed by atoms with Crippen LogP contribution >= 0.6 is 22.9 Å². The number of fused-ring (bicyclic) bond motifs is 1. The highest BCUT2D eigenvalue weighted by Gasteiger charge is 2.27. The van der Waals surface area contributed by atoms with Crippen LogP contribution in [0.4, 0.5) is 0 Å². The number of methoxy groups -OCH3 is 1. The second-order valence-electron chi connectivity index (χ2n) is 6.61. The predicted octanol–water partition coefficient (Wildman–Crippen LogP) is 4.95. The van der Waals surface area contributed by atoms with E-state index in [1.807, 2.05) is 23.5 Å². The average molecular weight is 387 g/mol. The van der Waals surface area contributed by atoms with Crippen LogP contribution in [0, 0.1) is 0 Å². The monoisotopic (exact) mass is 386 g/mol. The Morgan fingerprint density at radius 3 is 2.85 bits per heavy atom. The first-order valence-corrected chi connectivity index (χ1v) is 10.2. The van der Waals surface area contributed by atoms with Gasteiger partial charge in [-0.15, -0.1) is 11.3 Å². The number of nitrogens with zero attached hydrogens (tertiary/aromatic N) is 1. The molecule has 1 aliphatic rings. The maximum absolute atomic E-state index is 6.37. The fraction of sp³-hybridized carbons (Fsp3) is 0.333. The Hall–Kier alpha value is -1.59. The van der Waals surface area contributed by atoms with E-state index in [0.717, 1.165) is 48.9 Å². The fourth-order valence-electron chi connectivity index (χ4n) is 3.71.